The van der Waals surface area contributed by atoms with Crippen LogP contribution in [-0.2, 0) is 0 Å². The third kappa shape index (κ3) is 2.36. The van der Waals surface area contributed by atoms with E-state index in [0.717, 1.165) is 17.9 Å². The molecule has 1 atom stereocenters. The van der Waals surface area contributed by atoms with E-state index in [1.807, 2.05) is 36.2 Å². The summed E-state index contributed by atoms with van der Waals surface area (Å²) in [6, 6.07) is 12.8. The van der Waals surface area contributed by atoms with Crippen LogP contribution in [0.15, 0.2) is 42.5 Å². The zero-order chi connectivity index (χ0) is 15.0. The van der Waals surface area contributed by atoms with Crippen LogP contribution in [0.2, 0.25) is 0 Å². The number of likely N-dealkylation sites (N-methyl/N-ethyl adjacent to an activating group) is 1. The van der Waals surface area contributed by atoms with E-state index < -0.39 is 6.10 Å². The number of aliphatic hydroxyl groups excluding tert-OH is 1. The van der Waals surface area contributed by atoms with Crippen molar-refractivity contribution in [2.24, 2.45) is 0 Å². The zero-order valence-electron chi connectivity index (χ0n) is 12.3. The van der Waals surface area contributed by atoms with Gasteiger partial charge in [-0.05, 0) is 25.1 Å². The standard InChI is InChI=1S/C17H19FN2O/c1-12(21)13-6-5-7-14(18)17(13)20-11-10-19(2)15-8-3-4-9-16(15)20/h3-9,12,21H,10-11H2,1-2H3/t12-/m0/s1. The second-order valence-corrected chi connectivity index (χ2v) is 5.42. The fourth-order valence-electron chi connectivity index (χ4n) is 2.89. The Labute approximate surface area is 124 Å². The third-order valence-electron chi connectivity index (χ3n) is 3.98. The molecule has 1 N–H and O–H groups in total. The van der Waals surface area contributed by atoms with Crippen LogP contribution >= 0.6 is 0 Å². The highest BCUT2D eigenvalue weighted by Gasteiger charge is 2.26. The molecular weight excluding hydrogens is 267 g/mol. The van der Waals surface area contributed by atoms with Gasteiger partial charge in [-0.2, -0.15) is 0 Å². The molecular formula is C17H19FN2O. The normalized spacial score (nSPS) is 15.8. The summed E-state index contributed by atoms with van der Waals surface area (Å²) in [6.07, 6.45) is -0.706. The minimum atomic E-state index is -0.706. The van der Waals surface area contributed by atoms with Gasteiger partial charge in [-0.3, -0.25) is 0 Å². The summed E-state index contributed by atoms with van der Waals surface area (Å²) in [5, 5.41) is 9.96. The van der Waals surface area contributed by atoms with Crippen LogP contribution in [0.4, 0.5) is 21.5 Å². The Hall–Kier alpha value is -2.07. The molecule has 0 unspecified atom stereocenters. The molecule has 0 bridgehead atoms. The first-order chi connectivity index (χ1) is 10.1. The van der Waals surface area contributed by atoms with Crippen molar-refractivity contribution in [2.75, 3.05) is 29.9 Å². The molecule has 0 saturated carbocycles. The molecule has 0 saturated heterocycles. The van der Waals surface area contributed by atoms with Gasteiger partial charge in [0.25, 0.3) is 0 Å². The maximum atomic E-state index is 14.4. The van der Waals surface area contributed by atoms with E-state index in [9.17, 15) is 9.50 Å². The Bertz CT molecular complexity index is 657. The van der Waals surface area contributed by atoms with Crippen molar-refractivity contribution < 1.29 is 9.50 Å². The van der Waals surface area contributed by atoms with Gasteiger partial charge < -0.3 is 14.9 Å². The SMILES string of the molecule is C[C@H](O)c1cccc(F)c1N1CCN(C)c2ccccc21. The molecule has 4 heteroatoms. The van der Waals surface area contributed by atoms with E-state index in [4.69, 9.17) is 0 Å². The van der Waals surface area contributed by atoms with Crippen LogP contribution in [0.3, 0.4) is 0 Å². The molecule has 21 heavy (non-hydrogen) atoms. The van der Waals surface area contributed by atoms with Gasteiger partial charge >= 0.3 is 0 Å². The average Bonchev–Trinajstić information content (AvgIpc) is 2.48. The van der Waals surface area contributed by atoms with Gasteiger partial charge in [-0.1, -0.05) is 24.3 Å². The molecule has 2 aromatic carbocycles. The molecule has 1 aliphatic rings. The maximum Gasteiger partial charge on any atom is 0.147 e. The van der Waals surface area contributed by atoms with Gasteiger partial charge in [0.1, 0.15) is 5.82 Å². The summed E-state index contributed by atoms with van der Waals surface area (Å²) >= 11 is 0. The van der Waals surface area contributed by atoms with Crippen molar-refractivity contribution in [3.63, 3.8) is 0 Å². The summed E-state index contributed by atoms with van der Waals surface area (Å²) in [6.45, 7) is 3.17. The van der Waals surface area contributed by atoms with E-state index in [2.05, 4.69) is 4.90 Å². The highest BCUT2D eigenvalue weighted by Crippen LogP contribution is 2.40. The molecule has 0 radical (unpaired) electrons. The van der Waals surface area contributed by atoms with Crippen molar-refractivity contribution in [3.8, 4) is 0 Å². The van der Waals surface area contributed by atoms with E-state index in [1.165, 1.54) is 6.07 Å². The number of hydrogen-bond donors (Lipinski definition) is 1. The summed E-state index contributed by atoms with van der Waals surface area (Å²) in [5.41, 5.74) is 3.14. The number of fused-ring (bicyclic) bond motifs is 1. The lowest BCUT2D eigenvalue weighted by atomic mass is 10.0. The summed E-state index contributed by atoms with van der Waals surface area (Å²) in [4.78, 5) is 4.13. The van der Waals surface area contributed by atoms with Gasteiger partial charge in [-0.15, -0.1) is 0 Å². The second kappa shape index (κ2) is 5.37. The Balaban J connectivity index is 2.17. The second-order valence-electron chi connectivity index (χ2n) is 5.42. The van der Waals surface area contributed by atoms with Crippen LogP contribution in [0, 0.1) is 5.82 Å². The van der Waals surface area contributed by atoms with E-state index in [1.54, 1.807) is 19.1 Å². The highest BCUT2D eigenvalue weighted by atomic mass is 19.1. The Morgan fingerprint density at radius 2 is 1.76 bits per heavy atom. The smallest absolute Gasteiger partial charge is 0.147 e. The van der Waals surface area contributed by atoms with Crippen LogP contribution in [0.25, 0.3) is 0 Å². The topological polar surface area (TPSA) is 26.7 Å². The van der Waals surface area contributed by atoms with Crippen LogP contribution in [0.5, 0.6) is 0 Å². The first-order valence-corrected chi connectivity index (χ1v) is 7.14. The number of halogens is 1. The molecule has 0 amide bonds. The van der Waals surface area contributed by atoms with Crippen LogP contribution in [0.1, 0.15) is 18.6 Å². The third-order valence-corrected chi connectivity index (χ3v) is 3.98. The highest BCUT2D eigenvalue weighted by molar-refractivity contribution is 5.80. The Kier molecular flexibility index (Phi) is 3.55. The van der Waals surface area contributed by atoms with E-state index in [0.29, 0.717) is 17.8 Å². The summed E-state index contributed by atoms with van der Waals surface area (Å²) < 4.78 is 14.4. The molecule has 0 aromatic heterocycles. The lowest BCUT2D eigenvalue weighted by Crippen LogP contribution is -2.37. The molecule has 3 rings (SSSR count). The number of hydrogen-bond acceptors (Lipinski definition) is 3. The summed E-state index contributed by atoms with van der Waals surface area (Å²) in [7, 11) is 2.03. The van der Waals surface area contributed by atoms with Crippen LogP contribution < -0.4 is 9.80 Å². The predicted molar refractivity (Wildman–Crippen MR) is 83.8 cm³/mol. The molecule has 2 aromatic rings. The van der Waals surface area contributed by atoms with Gasteiger partial charge in [0.15, 0.2) is 0 Å². The number of rotatable bonds is 2. The van der Waals surface area contributed by atoms with E-state index in [-0.39, 0.29) is 5.82 Å². The number of aliphatic hydroxyl groups is 1. The monoisotopic (exact) mass is 286 g/mol. The molecule has 0 spiro atoms. The van der Waals surface area contributed by atoms with Crippen molar-refractivity contribution in [1.29, 1.82) is 0 Å². The minimum Gasteiger partial charge on any atom is -0.389 e. The van der Waals surface area contributed by atoms with Gasteiger partial charge in [0, 0.05) is 25.7 Å². The zero-order valence-corrected chi connectivity index (χ0v) is 12.3. The first kappa shape index (κ1) is 13.9. The van der Waals surface area contributed by atoms with E-state index >= 15 is 0 Å². The van der Waals surface area contributed by atoms with Gasteiger partial charge in [0.2, 0.25) is 0 Å². The fourth-order valence-corrected chi connectivity index (χ4v) is 2.89. The van der Waals surface area contributed by atoms with Gasteiger partial charge in [0.05, 0.1) is 23.2 Å². The van der Waals surface area contributed by atoms with Crippen molar-refractivity contribution in [3.05, 3.63) is 53.8 Å². The lowest BCUT2D eigenvalue weighted by molar-refractivity contribution is 0.199. The molecule has 1 aliphatic heterocycles. The number of para-hydroxylation sites is 3. The van der Waals surface area contributed by atoms with Crippen molar-refractivity contribution in [2.45, 2.75) is 13.0 Å². The average molecular weight is 286 g/mol. The summed E-state index contributed by atoms with van der Waals surface area (Å²) in [5.74, 6) is -0.298. The van der Waals surface area contributed by atoms with Crippen molar-refractivity contribution >= 4 is 17.1 Å². The van der Waals surface area contributed by atoms with Gasteiger partial charge in [-0.25, -0.2) is 4.39 Å². The number of benzene rings is 2. The largest absolute Gasteiger partial charge is 0.389 e. The minimum absolute atomic E-state index is 0.298. The maximum absolute atomic E-state index is 14.4. The first-order valence-electron chi connectivity index (χ1n) is 7.14. The number of anilines is 3. The van der Waals surface area contributed by atoms with Crippen LogP contribution in [-0.4, -0.2) is 25.2 Å². The lowest BCUT2D eigenvalue weighted by Gasteiger charge is -2.38. The molecule has 0 fully saturated rings. The fraction of sp³-hybridized carbons (Fsp3) is 0.294. The predicted octanol–water partition coefficient (Wildman–Crippen LogP) is 3.47. The Morgan fingerprint density at radius 3 is 2.48 bits per heavy atom. The quantitative estimate of drug-likeness (QED) is 0.915. The molecule has 1 heterocycles. The Morgan fingerprint density at radius 1 is 1.05 bits per heavy atom. The molecule has 3 nitrogen and oxygen atoms in total. The number of nitrogens with zero attached hydrogens (tertiary/aromatic N) is 2. The molecule has 0 aliphatic carbocycles. The van der Waals surface area contributed by atoms with Crippen molar-refractivity contribution in [1.82, 2.24) is 0 Å². The molecule has 110 valence electrons.